The normalized spacial score (nSPS) is 15.0. The zero-order chi connectivity index (χ0) is 20.1. The lowest BCUT2D eigenvalue weighted by Gasteiger charge is -2.35. The number of nitrogens with one attached hydrogen (secondary N) is 1. The van der Waals surface area contributed by atoms with Crippen LogP contribution in [0.1, 0.15) is 5.56 Å². The summed E-state index contributed by atoms with van der Waals surface area (Å²) in [6.07, 6.45) is 0.115. The lowest BCUT2D eigenvalue weighted by Crippen LogP contribution is -2.44. The summed E-state index contributed by atoms with van der Waals surface area (Å²) in [5.74, 6) is -0.147. The second-order valence-electron chi connectivity index (χ2n) is 6.70. The first kappa shape index (κ1) is 20.4. The van der Waals surface area contributed by atoms with Crippen LogP contribution in [0.3, 0.4) is 0 Å². The molecule has 28 heavy (non-hydrogen) atoms. The fraction of sp³-hybridized carbons (Fsp3) is 0.350. The minimum absolute atomic E-state index is 0.0614. The summed E-state index contributed by atoms with van der Waals surface area (Å²) < 4.78 is 28.7. The SMILES string of the molecule is CN1CCN(c2ccc(Cl)cc2NC(=O)Cc2ccc(OC(F)F)cc2)CC1. The number of carbonyl (C=O) groups is 1. The molecule has 0 aromatic heterocycles. The highest BCUT2D eigenvalue weighted by Crippen LogP contribution is 2.30. The molecule has 0 saturated carbocycles. The summed E-state index contributed by atoms with van der Waals surface area (Å²) in [6, 6.07) is 11.5. The molecular formula is C20H22ClF2N3O2. The number of piperazine rings is 1. The van der Waals surface area contributed by atoms with Crippen molar-refractivity contribution in [2.24, 2.45) is 0 Å². The van der Waals surface area contributed by atoms with Gasteiger partial charge in [-0.25, -0.2) is 0 Å². The zero-order valence-electron chi connectivity index (χ0n) is 15.5. The summed E-state index contributed by atoms with van der Waals surface area (Å²) in [5.41, 5.74) is 2.30. The summed E-state index contributed by atoms with van der Waals surface area (Å²) in [5, 5.41) is 3.47. The highest BCUT2D eigenvalue weighted by Gasteiger charge is 2.18. The van der Waals surface area contributed by atoms with Crippen molar-refractivity contribution in [2.75, 3.05) is 43.4 Å². The van der Waals surface area contributed by atoms with Crippen molar-refractivity contribution >= 4 is 28.9 Å². The first-order valence-corrected chi connectivity index (χ1v) is 9.35. The van der Waals surface area contributed by atoms with Crippen molar-refractivity contribution < 1.29 is 18.3 Å². The van der Waals surface area contributed by atoms with Gasteiger partial charge in [0.1, 0.15) is 5.75 Å². The van der Waals surface area contributed by atoms with E-state index >= 15 is 0 Å². The molecule has 0 radical (unpaired) electrons. The molecule has 1 N–H and O–H groups in total. The van der Waals surface area contributed by atoms with Gasteiger partial charge in [0.25, 0.3) is 0 Å². The standard InChI is InChI=1S/C20H22ClF2N3O2/c1-25-8-10-26(11-9-25)18-7-4-15(21)13-17(18)24-19(27)12-14-2-5-16(6-3-14)28-20(22)23/h2-7,13,20H,8-12H2,1H3,(H,24,27). The Hall–Kier alpha value is -2.38. The average molecular weight is 410 g/mol. The highest BCUT2D eigenvalue weighted by atomic mass is 35.5. The third-order valence-corrected chi connectivity index (χ3v) is 4.82. The number of carbonyl (C=O) groups excluding carboxylic acids is 1. The monoisotopic (exact) mass is 409 g/mol. The number of alkyl halides is 2. The molecule has 0 bridgehead atoms. The predicted molar refractivity (Wildman–Crippen MR) is 107 cm³/mol. The van der Waals surface area contributed by atoms with Crippen LogP contribution in [-0.2, 0) is 11.2 Å². The van der Waals surface area contributed by atoms with Crippen LogP contribution < -0.4 is 15.0 Å². The molecule has 1 aliphatic heterocycles. The molecule has 5 nitrogen and oxygen atoms in total. The van der Waals surface area contributed by atoms with E-state index in [-0.39, 0.29) is 18.1 Å². The van der Waals surface area contributed by atoms with Gasteiger partial charge in [-0.3, -0.25) is 4.79 Å². The Morgan fingerprint density at radius 2 is 1.82 bits per heavy atom. The Morgan fingerprint density at radius 3 is 2.46 bits per heavy atom. The van der Waals surface area contributed by atoms with Crippen molar-refractivity contribution in [1.82, 2.24) is 4.90 Å². The molecule has 1 aliphatic rings. The van der Waals surface area contributed by atoms with E-state index in [1.807, 2.05) is 12.1 Å². The number of nitrogens with zero attached hydrogens (tertiary/aromatic N) is 2. The van der Waals surface area contributed by atoms with Gasteiger partial charge < -0.3 is 19.9 Å². The molecule has 2 aromatic carbocycles. The number of halogens is 3. The molecule has 8 heteroatoms. The third-order valence-electron chi connectivity index (χ3n) is 4.59. The van der Waals surface area contributed by atoms with Crippen molar-refractivity contribution in [2.45, 2.75) is 13.0 Å². The van der Waals surface area contributed by atoms with E-state index in [2.05, 4.69) is 26.9 Å². The Bertz CT molecular complexity index is 810. The number of hydrogen-bond donors (Lipinski definition) is 1. The molecule has 1 heterocycles. The molecule has 0 aliphatic carbocycles. The van der Waals surface area contributed by atoms with Crippen molar-refractivity contribution in [1.29, 1.82) is 0 Å². The number of rotatable bonds is 6. The maximum Gasteiger partial charge on any atom is 0.387 e. The second-order valence-corrected chi connectivity index (χ2v) is 7.14. The van der Waals surface area contributed by atoms with Crippen molar-refractivity contribution in [3.8, 4) is 5.75 Å². The van der Waals surface area contributed by atoms with Gasteiger partial charge in [0.05, 0.1) is 17.8 Å². The molecule has 1 saturated heterocycles. The van der Waals surface area contributed by atoms with E-state index in [4.69, 9.17) is 11.6 Å². The van der Waals surface area contributed by atoms with E-state index in [9.17, 15) is 13.6 Å². The van der Waals surface area contributed by atoms with Crippen LogP contribution in [0.25, 0.3) is 0 Å². The summed E-state index contributed by atoms with van der Waals surface area (Å²) in [4.78, 5) is 17.0. The Kier molecular flexibility index (Phi) is 6.70. The first-order valence-electron chi connectivity index (χ1n) is 8.97. The number of likely N-dealkylation sites (N-methyl/N-ethyl adjacent to an activating group) is 1. The van der Waals surface area contributed by atoms with Gasteiger partial charge in [-0.05, 0) is 42.9 Å². The number of amides is 1. The van der Waals surface area contributed by atoms with Gasteiger partial charge in [-0.15, -0.1) is 0 Å². The van der Waals surface area contributed by atoms with E-state index in [0.717, 1.165) is 31.9 Å². The summed E-state index contributed by atoms with van der Waals surface area (Å²) in [6.45, 7) is 0.760. The molecule has 2 aromatic rings. The van der Waals surface area contributed by atoms with E-state index < -0.39 is 6.61 Å². The maximum atomic E-state index is 12.5. The molecule has 1 fully saturated rings. The van der Waals surface area contributed by atoms with Gasteiger partial charge in [0.2, 0.25) is 5.91 Å². The lowest BCUT2D eigenvalue weighted by atomic mass is 10.1. The van der Waals surface area contributed by atoms with E-state index in [1.165, 1.54) is 12.1 Å². The molecule has 0 spiro atoms. The van der Waals surface area contributed by atoms with Crippen LogP contribution in [0.15, 0.2) is 42.5 Å². The predicted octanol–water partition coefficient (Wildman–Crippen LogP) is 3.87. The molecule has 1 amide bonds. The van der Waals surface area contributed by atoms with E-state index in [0.29, 0.717) is 16.3 Å². The number of hydrogen-bond acceptors (Lipinski definition) is 4. The highest BCUT2D eigenvalue weighted by molar-refractivity contribution is 6.31. The molecule has 0 unspecified atom stereocenters. The number of anilines is 2. The fourth-order valence-corrected chi connectivity index (χ4v) is 3.27. The minimum Gasteiger partial charge on any atom is -0.435 e. The smallest absolute Gasteiger partial charge is 0.387 e. The van der Waals surface area contributed by atoms with Gasteiger partial charge in [0.15, 0.2) is 0 Å². The van der Waals surface area contributed by atoms with Crippen LogP contribution in [-0.4, -0.2) is 50.6 Å². The first-order chi connectivity index (χ1) is 13.4. The average Bonchev–Trinajstić information content (AvgIpc) is 2.64. The van der Waals surface area contributed by atoms with Gasteiger partial charge in [0, 0.05) is 31.2 Å². The fourth-order valence-electron chi connectivity index (χ4n) is 3.10. The summed E-state index contributed by atoms with van der Waals surface area (Å²) >= 11 is 6.13. The summed E-state index contributed by atoms with van der Waals surface area (Å²) in [7, 11) is 2.08. The molecular weight excluding hydrogens is 388 g/mol. The largest absolute Gasteiger partial charge is 0.435 e. The van der Waals surface area contributed by atoms with Crippen LogP contribution >= 0.6 is 11.6 Å². The molecule has 0 atom stereocenters. The molecule has 3 rings (SSSR count). The van der Waals surface area contributed by atoms with Gasteiger partial charge >= 0.3 is 6.61 Å². The lowest BCUT2D eigenvalue weighted by molar-refractivity contribution is -0.115. The Labute approximate surface area is 167 Å². The third kappa shape index (κ3) is 5.56. The Morgan fingerprint density at radius 1 is 1.14 bits per heavy atom. The topological polar surface area (TPSA) is 44.8 Å². The van der Waals surface area contributed by atoms with Gasteiger partial charge in [-0.1, -0.05) is 23.7 Å². The van der Waals surface area contributed by atoms with Gasteiger partial charge in [-0.2, -0.15) is 8.78 Å². The zero-order valence-corrected chi connectivity index (χ0v) is 16.3. The number of benzene rings is 2. The molecule has 150 valence electrons. The number of ether oxygens (including phenoxy) is 1. The Balaban J connectivity index is 1.67. The van der Waals surface area contributed by atoms with Crippen molar-refractivity contribution in [3.05, 3.63) is 53.1 Å². The van der Waals surface area contributed by atoms with Crippen LogP contribution in [0.4, 0.5) is 20.2 Å². The van der Waals surface area contributed by atoms with Crippen LogP contribution in [0.5, 0.6) is 5.75 Å². The van der Waals surface area contributed by atoms with E-state index in [1.54, 1.807) is 18.2 Å². The van der Waals surface area contributed by atoms with Crippen LogP contribution in [0.2, 0.25) is 5.02 Å². The quantitative estimate of drug-likeness (QED) is 0.786. The minimum atomic E-state index is -2.87. The second kappa shape index (κ2) is 9.21. The van der Waals surface area contributed by atoms with Crippen molar-refractivity contribution in [3.63, 3.8) is 0 Å². The maximum absolute atomic E-state index is 12.5. The van der Waals surface area contributed by atoms with Crippen LogP contribution in [0, 0.1) is 0 Å².